The number of aldehydes is 1. The minimum absolute atomic E-state index is 0.298. The normalized spacial score (nSPS) is 10.9. The molecule has 0 radical (unpaired) electrons. The molecular weight excluding hydrogens is 278 g/mol. The summed E-state index contributed by atoms with van der Waals surface area (Å²) in [4.78, 5) is 11.1. The van der Waals surface area contributed by atoms with E-state index in [9.17, 15) is 4.79 Å². The first-order chi connectivity index (χ1) is 10.6. The van der Waals surface area contributed by atoms with Crippen LogP contribution in [0, 0.1) is 5.92 Å². The van der Waals surface area contributed by atoms with E-state index < -0.39 is 0 Å². The van der Waals surface area contributed by atoms with Gasteiger partial charge in [-0.15, -0.1) is 5.10 Å². The van der Waals surface area contributed by atoms with E-state index in [-0.39, 0.29) is 0 Å². The van der Waals surface area contributed by atoms with E-state index in [4.69, 9.17) is 4.74 Å². The van der Waals surface area contributed by atoms with Crippen LogP contribution >= 0.6 is 0 Å². The molecule has 0 spiro atoms. The van der Waals surface area contributed by atoms with E-state index in [1.165, 1.54) is 5.56 Å². The Morgan fingerprint density at radius 3 is 2.86 bits per heavy atom. The first kappa shape index (κ1) is 16.2. The highest BCUT2D eigenvalue weighted by Gasteiger charge is 2.13. The van der Waals surface area contributed by atoms with Crippen LogP contribution < -0.4 is 4.74 Å². The predicted molar refractivity (Wildman–Crippen MR) is 85.0 cm³/mol. The van der Waals surface area contributed by atoms with Gasteiger partial charge in [0.05, 0.1) is 0 Å². The highest BCUT2D eigenvalue weighted by molar-refractivity contribution is 5.73. The summed E-state index contributed by atoms with van der Waals surface area (Å²) in [6.45, 7) is 7.46. The molecule has 5 nitrogen and oxygen atoms in total. The Labute approximate surface area is 131 Å². The monoisotopic (exact) mass is 301 g/mol. The summed E-state index contributed by atoms with van der Waals surface area (Å²) in [5.41, 5.74) is 2.31. The fourth-order valence-corrected chi connectivity index (χ4v) is 2.15. The molecule has 0 bridgehead atoms. The van der Waals surface area contributed by atoms with E-state index in [1.807, 2.05) is 18.2 Å². The number of ether oxygens (including phenoxy) is 1. The van der Waals surface area contributed by atoms with Crippen LogP contribution in [0.4, 0.5) is 0 Å². The number of hydrogen-bond acceptors (Lipinski definition) is 4. The zero-order valence-electron chi connectivity index (χ0n) is 13.5. The van der Waals surface area contributed by atoms with Crippen molar-refractivity contribution in [2.45, 2.75) is 46.8 Å². The van der Waals surface area contributed by atoms with E-state index in [0.717, 1.165) is 37.1 Å². The second-order valence-corrected chi connectivity index (χ2v) is 5.73. The number of carbonyl (C=O) groups is 1. The van der Waals surface area contributed by atoms with Crippen LogP contribution in [-0.2, 0) is 19.6 Å². The fraction of sp³-hybridized carbons (Fsp3) is 0.471. The Hall–Kier alpha value is -2.17. The van der Waals surface area contributed by atoms with Crippen molar-refractivity contribution in [1.29, 1.82) is 0 Å². The van der Waals surface area contributed by atoms with Gasteiger partial charge in [-0.3, -0.25) is 4.79 Å². The maximum absolute atomic E-state index is 11.1. The highest BCUT2D eigenvalue weighted by atomic mass is 16.5. The van der Waals surface area contributed by atoms with Crippen LogP contribution in [-0.4, -0.2) is 21.3 Å². The third-order valence-corrected chi connectivity index (χ3v) is 3.58. The van der Waals surface area contributed by atoms with Crippen LogP contribution in [0.25, 0.3) is 0 Å². The summed E-state index contributed by atoms with van der Waals surface area (Å²) < 4.78 is 7.59. The van der Waals surface area contributed by atoms with Crippen LogP contribution in [0.15, 0.2) is 24.3 Å². The third-order valence-electron chi connectivity index (χ3n) is 3.58. The zero-order valence-corrected chi connectivity index (χ0v) is 13.5. The van der Waals surface area contributed by atoms with Gasteiger partial charge in [0, 0.05) is 6.54 Å². The molecule has 0 aliphatic heterocycles. The topological polar surface area (TPSA) is 57.0 Å². The lowest BCUT2D eigenvalue weighted by Crippen LogP contribution is -2.11. The van der Waals surface area contributed by atoms with Crippen molar-refractivity contribution >= 4 is 6.29 Å². The lowest BCUT2D eigenvalue weighted by molar-refractivity contribution is 0.111. The second kappa shape index (κ2) is 7.73. The standard InChI is InChI=1S/C17H23N3O2/c1-4-14-6-5-7-15(10-14)22-12-17-16(11-21)18-19-20(17)9-8-13(2)3/h5-7,10-11,13H,4,8-9,12H2,1-3H3. The average Bonchev–Trinajstić information content (AvgIpc) is 2.93. The molecule has 0 aliphatic rings. The number of aryl methyl sites for hydroxylation is 2. The molecule has 5 heteroatoms. The summed E-state index contributed by atoms with van der Waals surface area (Å²) in [7, 11) is 0. The molecule has 0 saturated heterocycles. The minimum atomic E-state index is 0.298. The first-order valence-corrected chi connectivity index (χ1v) is 7.73. The molecule has 118 valence electrons. The van der Waals surface area contributed by atoms with Crippen molar-refractivity contribution in [1.82, 2.24) is 15.0 Å². The van der Waals surface area contributed by atoms with Crippen molar-refractivity contribution in [2.75, 3.05) is 0 Å². The summed E-state index contributed by atoms with van der Waals surface area (Å²) in [5, 5.41) is 7.98. The van der Waals surface area contributed by atoms with Gasteiger partial charge in [0.1, 0.15) is 18.1 Å². The molecule has 0 saturated carbocycles. The maximum atomic E-state index is 11.1. The molecule has 0 amide bonds. The van der Waals surface area contributed by atoms with Crippen molar-refractivity contribution < 1.29 is 9.53 Å². The molecule has 1 aromatic carbocycles. The SMILES string of the molecule is CCc1cccc(OCc2c(C=O)nnn2CCC(C)C)c1. The molecule has 0 atom stereocenters. The van der Waals surface area contributed by atoms with E-state index >= 15 is 0 Å². The molecule has 22 heavy (non-hydrogen) atoms. The highest BCUT2D eigenvalue weighted by Crippen LogP contribution is 2.16. The lowest BCUT2D eigenvalue weighted by Gasteiger charge is -2.10. The first-order valence-electron chi connectivity index (χ1n) is 7.73. The minimum Gasteiger partial charge on any atom is -0.487 e. The predicted octanol–water partition coefficient (Wildman–Crippen LogP) is 3.28. The fourth-order valence-electron chi connectivity index (χ4n) is 2.15. The Bertz CT molecular complexity index is 620. The van der Waals surface area contributed by atoms with Crippen molar-refractivity contribution in [2.24, 2.45) is 5.92 Å². The number of aromatic nitrogens is 3. The van der Waals surface area contributed by atoms with Crippen LogP contribution in [0.3, 0.4) is 0 Å². The van der Waals surface area contributed by atoms with Gasteiger partial charge >= 0.3 is 0 Å². The molecule has 0 fully saturated rings. The summed E-state index contributed by atoms with van der Waals surface area (Å²) in [6, 6.07) is 7.98. The smallest absolute Gasteiger partial charge is 0.172 e. The Morgan fingerprint density at radius 1 is 1.36 bits per heavy atom. The Morgan fingerprint density at radius 2 is 2.18 bits per heavy atom. The van der Waals surface area contributed by atoms with Gasteiger partial charge in [0.25, 0.3) is 0 Å². The maximum Gasteiger partial charge on any atom is 0.172 e. The average molecular weight is 301 g/mol. The van der Waals surface area contributed by atoms with Crippen LogP contribution in [0.1, 0.15) is 48.9 Å². The molecule has 0 unspecified atom stereocenters. The van der Waals surface area contributed by atoms with Crippen molar-refractivity contribution in [3.8, 4) is 5.75 Å². The number of benzene rings is 1. The summed E-state index contributed by atoms with van der Waals surface area (Å²) in [5.74, 6) is 1.37. The Balaban J connectivity index is 2.10. The molecule has 1 heterocycles. The molecule has 0 N–H and O–H groups in total. The van der Waals surface area contributed by atoms with Crippen LogP contribution in [0.5, 0.6) is 5.75 Å². The number of rotatable bonds is 8. The van der Waals surface area contributed by atoms with Crippen molar-refractivity contribution in [3.63, 3.8) is 0 Å². The summed E-state index contributed by atoms with van der Waals surface area (Å²) >= 11 is 0. The molecule has 2 rings (SSSR count). The van der Waals surface area contributed by atoms with E-state index in [1.54, 1.807) is 4.68 Å². The van der Waals surface area contributed by atoms with Crippen LogP contribution in [0.2, 0.25) is 0 Å². The number of hydrogen-bond donors (Lipinski definition) is 0. The molecule has 1 aromatic heterocycles. The van der Waals surface area contributed by atoms with Gasteiger partial charge in [-0.1, -0.05) is 38.1 Å². The molecule has 0 aliphatic carbocycles. The third kappa shape index (κ3) is 4.16. The van der Waals surface area contributed by atoms with Gasteiger partial charge in [0.15, 0.2) is 12.0 Å². The number of nitrogens with zero attached hydrogens (tertiary/aromatic N) is 3. The molecular formula is C17H23N3O2. The summed E-state index contributed by atoms with van der Waals surface area (Å²) in [6.07, 6.45) is 2.69. The van der Waals surface area contributed by atoms with Gasteiger partial charge in [-0.2, -0.15) is 0 Å². The van der Waals surface area contributed by atoms with Gasteiger partial charge in [-0.25, -0.2) is 4.68 Å². The largest absolute Gasteiger partial charge is 0.487 e. The number of carbonyl (C=O) groups excluding carboxylic acids is 1. The van der Waals surface area contributed by atoms with Crippen molar-refractivity contribution in [3.05, 3.63) is 41.2 Å². The molecule has 2 aromatic rings. The van der Waals surface area contributed by atoms with Gasteiger partial charge < -0.3 is 4.74 Å². The van der Waals surface area contributed by atoms with Gasteiger partial charge in [0.2, 0.25) is 0 Å². The second-order valence-electron chi connectivity index (χ2n) is 5.73. The van der Waals surface area contributed by atoms with E-state index in [0.29, 0.717) is 18.2 Å². The lowest BCUT2D eigenvalue weighted by atomic mass is 10.1. The Kier molecular flexibility index (Phi) is 5.69. The zero-order chi connectivity index (χ0) is 15.9. The quantitative estimate of drug-likeness (QED) is 0.702. The van der Waals surface area contributed by atoms with Gasteiger partial charge in [-0.05, 0) is 36.5 Å². The van der Waals surface area contributed by atoms with E-state index in [2.05, 4.69) is 37.1 Å².